The van der Waals surface area contributed by atoms with E-state index in [0.717, 1.165) is 0 Å². The molecule has 2 N–H and O–H groups in total. The van der Waals surface area contributed by atoms with Crippen molar-refractivity contribution in [2.45, 2.75) is 17.9 Å². The Bertz CT molecular complexity index is 1360. The van der Waals surface area contributed by atoms with Gasteiger partial charge in [0.05, 0.1) is 4.90 Å². The van der Waals surface area contributed by atoms with Gasteiger partial charge in [0.25, 0.3) is 15.9 Å². The summed E-state index contributed by atoms with van der Waals surface area (Å²) in [5.74, 6) is 0.319. The summed E-state index contributed by atoms with van der Waals surface area (Å²) in [6.07, 6.45) is 0. The highest BCUT2D eigenvalue weighted by Crippen LogP contribution is 2.23. The number of hydrogen-bond acceptors (Lipinski definition) is 6. The van der Waals surface area contributed by atoms with Crippen LogP contribution in [0, 0.1) is 0 Å². The number of anilines is 1. The molecule has 0 aliphatic rings. The number of halogens is 1. The minimum absolute atomic E-state index is 0.102. The van der Waals surface area contributed by atoms with E-state index in [4.69, 9.17) is 16.1 Å². The van der Waals surface area contributed by atoms with Gasteiger partial charge in [-0.2, -0.15) is 4.98 Å². The van der Waals surface area contributed by atoms with Gasteiger partial charge in [-0.1, -0.05) is 35.0 Å². The van der Waals surface area contributed by atoms with Gasteiger partial charge >= 0.3 is 0 Å². The number of aromatic nitrogens is 2. The zero-order valence-corrected chi connectivity index (χ0v) is 19.0. The van der Waals surface area contributed by atoms with Crippen LogP contribution >= 0.6 is 11.6 Å². The summed E-state index contributed by atoms with van der Waals surface area (Å²) >= 11 is 5.82. The lowest BCUT2D eigenvalue weighted by molar-refractivity contribution is 0.0932. The van der Waals surface area contributed by atoms with Crippen LogP contribution in [0.15, 0.2) is 88.3 Å². The van der Waals surface area contributed by atoms with E-state index in [0.29, 0.717) is 27.7 Å². The van der Waals surface area contributed by atoms with Crippen molar-refractivity contribution < 1.29 is 17.7 Å². The zero-order valence-electron chi connectivity index (χ0n) is 17.4. The fraction of sp³-hybridized carbons (Fsp3) is 0.0870. The fourth-order valence-corrected chi connectivity index (χ4v) is 4.16. The molecule has 168 valence electrons. The number of nitrogens with one attached hydrogen (secondary N) is 2. The molecular formula is C23H19ClN4O4S. The number of nitrogens with zero attached hydrogens (tertiary/aromatic N) is 2. The summed E-state index contributed by atoms with van der Waals surface area (Å²) in [4.78, 5) is 16.8. The normalized spacial score (nSPS) is 12.2. The first-order valence-corrected chi connectivity index (χ1v) is 11.8. The van der Waals surface area contributed by atoms with Crippen molar-refractivity contribution in [3.8, 4) is 11.4 Å². The summed E-state index contributed by atoms with van der Waals surface area (Å²) in [5.41, 5.74) is 1.53. The lowest BCUT2D eigenvalue weighted by Crippen LogP contribution is -2.26. The van der Waals surface area contributed by atoms with Crippen molar-refractivity contribution in [3.63, 3.8) is 0 Å². The number of rotatable bonds is 7. The second-order valence-corrected chi connectivity index (χ2v) is 9.27. The monoisotopic (exact) mass is 482 g/mol. The van der Waals surface area contributed by atoms with Crippen LogP contribution < -0.4 is 10.0 Å². The van der Waals surface area contributed by atoms with Crippen molar-refractivity contribution >= 4 is 33.2 Å². The first-order chi connectivity index (χ1) is 15.8. The molecule has 4 rings (SSSR count). The van der Waals surface area contributed by atoms with Gasteiger partial charge in [0.1, 0.15) is 6.04 Å². The number of hydrogen-bond donors (Lipinski definition) is 2. The molecule has 4 aromatic rings. The quantitative estimate of drug-likeness (QED) is 0.395. The van der Waals surface area contributed by atoms with Gasteiger partial charge in [-0.05, 0) is 67.6 Å². The molecule has 0 bridgehead atoms. The van der Waals surface area contributed by atoms with Crippen LogP contribution in [0.3, 0.4) is 0 Å². The molecule has 1 aromatic heterocycles. The van der Waals surface area contributed by atoms with Crippen molar-refractivity contribution in [1.29, 1.82) is 0 Å². The van der Waals surface area contributed by atoms with E-state index in [1.54, 1.807) is 55.5 Å². The molecule has 10 heteroatoms. The van der Waals surface area contributed by atoms with Gasteiger partial charge in [-0.3, -0.25) is 9.52 Å². The molecule has 0 fully saturated rings. The molecule has 33 heavy (non-hydrogen) atoms. The predicted molar refractivity (Wildman–Crippen MR) is 124 cm³/mol. The number of sulfonamides is 1. The molecule has 1 atom stereocenters. The SMILES string of the molecule is CC(NC(=O)c1ccccc1)c1nc(-c2ccc(NS(=O)(=O)c3ccc(Cl)cc3)cc2)no1. The first-order valence-electron chi connectivity index (χ1n) is 9.90. The largest absolute Gasteiger partial charge is 0.341 e. The van der Waals surface area contributed by atoms with Gasteiger partial charge < -0.3 is 9.84 Å². The fourth-order valence-electron chi connectivity index (χ4n) is 2.97. The molecule has 1 amide bonds. The van der Waals surface area contributed by atoms with Crippen molar-refractivity contribution in [1.82, 2.24) is 15.5 Å². The summed E-state index contributed by atoms with van der Waals surface area (Å²) in [6, 6.07) is 20.7. The van der Waals surface area contributed by atoms with Gasteiger partial charge in [-0.15, -0.1) is 0 Å². The van der Waals surface area contributed by atoms with Crippen LogP contribution in [0.4, 0.5) is 5.69 Å². The Kier molecular flexibility index (Phi) is 6.43. The van der Waals surface area contributed by atoms with E-state index in [2.05, 4.69) is 20.2 Å². The molecule has 8 nitrogen and oxygen atoms in total. The van der Waals surface area contributed by atoms with E-state index in [9.17, 15) is 13.2 Å². The molecule has 0 saturated heterocycles. The Balaban J connectivity index is 1.43. The highest BCUT2D eigenvalue weighted by Gasteiger charge is 2.19. The summed E-state index contributed by atoms with van der Waals surface area (Å²) in [6.45, 7) is 1.74. The van der Waals surface area contributed by atoms with Gasteiger partial charge in [0, 0.05) is 21.8 Å². The van der Waals surface area contributed by atoms with Crippen LogP contribution in [-0.2, 0) is 10.0 Å². The average Bonchev–Trinajstić information content (AvgIpc) is 3.31. The van der Waals surface area contributed by atoms with E-state index in [1.165, 1.54) is 24.3 Å². The van der Waals surface area contributed by atoms with Crippen LogP contribution in [0.1, 0.15) is 29.2 Å². The maximum absolute atomic E-state index is 12.5. The van der Waals surface area contributed by atoms with E-state index >= 15 is 0 Å². The number of benzene rings is 3. The Labute approximate surface area is 195 Å². The lowest BCUT2D eigenvalue weighted by Gasteiger charge is -2.09. The predicted octanol–water partition coefficient (Wildman–Crippen LogP) is 4.68. The standard InChI is InChI=1S/C23H19ClN4O4S/c1-15(25-22(29)17-5-3-2-4-6-17)23-26-21(27-32-23)16-7-11-19(12-8-16)28-33(30,31)20-13-9-18(24)10-14-20/h2-15,28H,1H3,(H,25,29). The van der Waals surface area contributed by atoms with E-state index < -0.39 is 16.1 Å². The summed E-state index contributed by atoms with van der Waals surface area (Å²) < 4.78 is 32.8. The highest BCUT2D eigenvalue weighted by molar-refractivity contribution is 7.92. The van der Waals surface area contributed by atoms with Gasteiger partial charge in [0.15, 0.2) is 0 Å². The molecule has 0 radical (unpaired) electrons. The molecule has 1 unspecified atom stereocenters. The first kappa shape index (κ1) is 22.5. The smallest absolute Gasteiger partial charge is 0.261 e. The van der Waals surface area contributed by atoms with Crippen molar-refractivity contribution in [2.75, 3.05) is 4.72 Å². The molecule has 3 aromatic carbocycles. The number of carbonyl (C=O) groups is 1. The second-order valence-electron chi connectivity index (χ2n) is 7.15. The zero-order chi connectivity index (χ0) is 23.4. The van der Waals surface area contributed by atoms with E-state index in [1.807, 2.05) is 6.07 Å². The van der Waals surface area contributed by atoms with E-state index in [-0.39, 0.29) is 16.7 Å². The summed E-state index contributed by atoms with van der Waals surface area (Å²) in [5, 5.41) is 7.22. The van der Waals surface area contributed by atoms with Gasteiger partial charge in [0.2, 0.25) is 11.7 Å². The molecule has 0 spiro atoms. The Morgan fingerprint density at radius 3 is 2.30 bits per heavy atom. The molecule has 0 saturated carbocycles. The Morgan fingerprint density at radius 1 is 0.970 bits per heavy atom. The molecule has 0 aliphatic heterocycles. The third-order valence-electron chi connectivity index (χ3n) is 4.71. The number of amides is 1. The Hall–Kier alpha value is -3.69. The summed E-state index contributed by atoms with van der Waals surface area (Å²) in [7, 11) is -3.75. The van der Waals surface area contributed by atoms with Crippen molar-refractivity contribution in [3.05, 3.63) is 95.3 Å². The minimum atomic E-state index is -3.75. The highest BCUT2D eigenvalue weighted by atomic mass is 35.5. The van der Waals surface area contributed by atoms with Crippen molar-refractivity contribution in [2.24, 2.45) is 0 Å². The molecule has 1 heterocycles. The van der Waals surface area contributed by atoms with Crippen LogP contribution in [0.25, 0.3) is 11.4 Å². The third kappa shape index (κ3) is 5.39. The topological polar surface area (TPSA) is 114 Å². The van der Waals surface area contributed by atoms with Gasteiger partial charge in [-0.25, -0.2) is 8.42 Å². The maximum Gasteiger partial charge on any atom is 0.261 e. The third-order valence-corrected chi connectivity index (χ3v) is 6.36. The minimum Gasteiger partial charge on any atom is -0.341 e. The Morgan fingerprint density at radius 2 is 1.64 bits per heavy atom. The molecular weight excluding hydrogens is 464 g/mol. The lowest BCUT2D eigenvalue weighted by atomic mass is 10.2. The maximum atomic E-state index is 12.5. The van der Waals surface area contributed by atoms with Crippen LogP contribution in [0.2, 0.25) is 5.02 Å². The van der Waals surface area contributed by atoms with Crippen LogP contribution in [0.5, 0.6) is 0 Å². The second kappa shape index (κ2) is 9.43. The average molecular weight is 483 g/mol. The van der Waals surface area contributed by atoms with Crippen LogP contribution in [-0.4, -0.2) is 24.5 Å². The number of carbonyl (C=O) groups excluding carboxylic acids is 1. The molecule has 0 aliphatic carbocycles.